The Hall–Kier alpha value is -0.640. The summed E-state index contributed by atoms with van der Waals surface area (Å²) in [5, 5.41) is 12.0. The molecule has 0 radical (unpaired) electrons. The quantitative estimate of drug-likeness (QED) is 0.784. The lowest BCUT2D eigenvalue weighted by Crippen LogP contribution is -2.39. The molecule has 0 aliphatic carbocycles. The van der Waals surface area contributed by atoms with E-state index in [0.717, 1.165) is 32.4 Å². The first-order chi connectivity index (χ1) is 8.41. The zero-order valence-electron chi connectivity index (χ0n) is 11.3. The zero-order chi connectivity index (χ0) is 13.6. The van der Waals surface area contributed by atoms with E-state index < -0.39 is 15.4 Å². The van der Waals surface area contributed by atoms with Gasteiger partial charge in [-0.1, -0.05) is 0 Å². The molecule has 0 amide bonds. The number of nitriles is 1. The van der Waals surface area contributed by atoms with Crippen molar-refractivity contribution in [3.8, 4) is 6.07 Å². The maximum atomic E-state index is 11.5. The third kappa shape index (κ3) is 4.92. The Bertz CT molecular complexity index is 402. The SMILES string of the molecule is CNC(C)(C#N)CCCN1CCCS(=O)(=O)CC1. The van der Waals surface area contributed by atoms with E-state index in [1.54, 1.807) is 7.05 Å². The summed E-state index contributed by atoms with van der Waals surface area (Å²) in [5.41, 5.74) is -0.474. The van der Waals surface area contributed by atoms with Crippen molar-refractivity contribution in [3.63, 3.8) is 0 Å². The molecule has 5 nitrogen and oxygen atoms in total. The van der Waals surface area contributed by atoms with E-state index >= 15 is 0 Å². The van der Waals surface area contributed by atoms with Gasteiger partial charge in [-0.2, -0.15) is 5.26 Å². The van der Waals surface area contributed by atoms with Crippen molar-refractivity contribution in [1.29, 1.82) is 5.26 Å². The Morgan fingerprint density at radius 3 is 2.72 bits per heavy atom. The zero-order valence-corrected chi connectivity index (χ0v) is 12.1. The number of rotatable bonds is 5. The highest BCUT2D eigenvalue weighted by Crippen LogP contribution is 2.12. The molecule has 1 unspecified atom stereocenters. The van der Waals surface area contributed by atoms with Crippen LogP contribution in [0.5, 0.6) is 0 Å². The normalized spacial score (nSPS) is 23.8. The molecule has 0 bridgehead atoms. The standard InChI is InChI=1S/C12H23N3O2S/c1-12(11-13,14-2)5-3-6-15-7-4-9-18(16,17)10-8-15/h14H,3-10H2,1-2H3. The van der Waals surface area contributed by atoms with Crippen LogP contribution in [0.2, 0.25) is 0 Å². The van der Waals surface area contributed by atoms with Crippen molar-refractivity contribution < 1.29 is 8.42 Å². The largest absolute Gasteiger partial charge is 0.303 e. The molecule has 1 N–H and O–H groups in total. The van der Waals surface area contributed by atoms with Crippen LogP contribution in [-0.2, 0) is 9.84 Å². The number of hydrogen-bond acceptors (Lipinski definition) is 5. The van der Waals surface area contributed by atoms with Gasteiger partial charge in [0, 0.05) is 6.54 Å². The predicted molar refractivity (Wildman–Crippen MR) is 72.0 cm³/mol. The molecule has 1 saturated heterocycles. The van der Waals surface area contributed by atoms with Crippen LogP contribution in [0.3, 0.4) is 0 Å². The van der Waals surface area contributed by atoms with Crippen molar-refractivity contribution in [2.24, 2.45) is 0 Å². The number of sulfone groups is 1. The Kier molecular flexibility index (Phi) is 5.57. The number of nitrogens with zero attached hydrogens (tertiary/aromatic N) is 2. The molecule has 0 aromatic carbocycles. The minimum atomic E-state index is -2.82. The molecule has 6 heteroatoms. The van der Waals surface area contributed by atoms with Crippen LogP contribution in [0.15, 0.2) is 0 Å². The summed E-state index contributed by atoms with van der Waals surface area (Å²) in [4.78, 5) is 2.19. The molecular weight excluding hydrogens is 250 g/mol. The topological polar surface area (TPSA) is 73.2 Å². The first-order valence-electron chi connectivity index (χ1n) is 6.44. The summed E-state index contributed by atoms with van der Waals surface area (Å²) in [6.07, 6.45) is 2.41. The fourth-order valence-electron chi connectivity index (χ4n) is 2.11. The molecule has 1 heterocycles. The monoisotopic (exact) mass is 273 g/mol. The third-order valence-electron chi connectivity index (χ3n) is 3.60. The predicted octanol–water partition coefficient (Wildman–Crippen LogP) is 0.389. The maximum absolute atomic E-state index is 11.5. The summed E-state index contributed by atoms with van der Waals surface area (Å²) < 4.78 is 22.9. The smallest absolute Gasteiger partial charge is 0.151 e. The van der Waals surface area contributed by atoms with E-state index in [-0.39, 0.29) is 5.75 Å². The second-order valence-electron chi connectivity index (χ2n) is 5.14. The van der Waals surface area contributed by atoms with Crippen molar-refractivity contribution in [3.05, 3.63) is 0 Å². The van der Waals surface area contributed by atoms with Crippen LogP contribution in [0, 0.1) is 11.3 Å². The van der Waals surface area contributed by atoms with Gasteiger partial charge < -0.3 is 10.2 Å². The fourth-order valence-corrected chi connectivity index (χ4v) is 3.42. The number of nitrogens with one attached hydrogen (secondary N) is 1. The second kappa shape index (κ2) is 6.50. The van der Waals surface area contributed by atoms with Gasteiger partial charge >= 0.3 is 0 Å². The highest BCUT2D eigenvalue weighted by Gasteiger charge is 2.22. The average Bonchev–Trinajstić information content (AvgIpc) is 2.51. The number of hydrogen-bond donors (Lipinski definition) is 1. The molecule has 0 aromatic rings. The average molecular weight is 273 g/mol. The Morgan fingerprint density at radius 2 is 2.11 bits per heavy atom. The second-order valence-corrected chi connectivity index (χ2v) is 7.45. The van der Waals surface area contributed by atoms with Crippen LogP contribution in [-0.4, -0.2) is 57.0 Å². The van der Waals surface area contributed by atoms with E-state index in [1.165, 1.54) is 0 Å². The third-order valence-corrected chi connectivity index (χ3v) is 5.31. The highest BCUT2D eigenvalue weighted by atomic mass is 32.2. The Labute approximate surface area is 110 Å². The molecule has 1 atom stereocenters. The molecule has 0 saturated carbocycles. The molecule has 104 valence electrons. The van der Waals surface area contributed by atoms with Crippen molar-refractivity contribution in [1.82, 2.24) is 10.2 Å². The lowest BCUT2D eigenvalue weighted by Gasteiger charge is -2.24. The molecule has 1 rings (SSSR count). The molecule has 1 aliphatic heterocycles. The molecule has 0 aromatic heterocycles. The lowest BCUT2D eigenvalue weighted by molar-refractivity contribution is 0.277. The van der Waals surface area contributed by atoms with E-state index in [0.29, 0.717) is 12.3 Å². The van der Waals surface area contributed by atoms with Gasteiger partial charge in [-0.3, -0.25) is 0 Å². The lowest BCUT2D eigenvalue weighted by atomic mass is 9.98. The van der Waals surface area contributed by atoms with Crippen molar-refractivity contribution >= 4 is 9.84 Å². The minimum Gasteiger partial charge on any atom is -0.303 e. The molecule has 1 fully saturated rings. The maximum Gasteiger partial charge on any atom is 0.151 e. The van der Waals surface area contributed by atoms with E-state index in [4.69, 9.17) is 5.26 Å². The van der Waals surface area contributed by atoms with E-state index in [2.05, 4.69) is 16.3 Å². The van der Waals surface area contributed by atoms with Crippen LogP contribution in [0.4, 0.5) is 0 Å². The van der Waals surface area contributed by atoms with Gasteiger partial charge in [-0.05, 0) is 46.3 Å². The first-order valence-corrected chi connectivity index (χ1v) is 8.26. The Morgan fingerprint density at radius 1 is 1.39 bits per heavy atom. The van der Waals surface area contributed by atoms with E-state index in [1.807, 2.05) is 6.92 Å². The van der Waals surface area contributed by atoms with Gasteiger partial charge in [0.2, 0.25) is 0 Å². The van der Waals surface area contributed by atoms with Gasteiger partial charge in [-0.25, -0.2) is 8.42 Å². The molecular formula is C12H23N3O2S. The summed E-state index contributed by atoms with van der Waals surface area (Å²) in [7, 11) is -1.03. The van der Waals surface area contributed by atoms with E-state index in [9.17, 15) is 8.42 Å². The summed E-state index contributed by atoms with van der Waals surface area (Å²) in [6.45, 7) is 4.24. The van der Waals surface area contributed by atoms with Crippen LogP contribution in [0.1, 0.15) is 26.2 Å². The fraction of sp³-hybridized carbons (Fsp3) is 0.917. The minimum absolute atomic E-state index is 0.272. The molecule has 18 heavy (non-hydrogen) atoms. The van der Waals surface area contributed by atoms with Gasteiger partial charge in [0.15, 0.2) is 9.84 Å². The van der Waals surface area contributed by atoms with Gasteiger partial charge in [0.05, 0.1) is 17.6 Å². The van der Waals surface area contributed by atoms with Crippen molar-refractivity contribution in [2.75, 3.05) is 38.2 Å². The summed E-state index contributed by atoms with van der Waals surface area (Å²) >= 11 is 0. The van der Waals surface area contributed by atoms with Gasteiger partial charge in [0.1, 0.15) is 5.54 Å². The van der Waals surface area contributed by atoms with Gasteiger partial charge in [0.25, 0.3) is 0 Å². The molecule has 0 spiro atoms. The molecule has 1 aliphatic rings. The first kappa shape index (κ1) is 15.4. The Balaban J connectivity index is 2.34. The highest BCUT2D eigenvalue weighted by molar-refractivity contribution is 7.91. The van der Waals surface area contributed by atoms with Gasteiger partial charge in [-0.15, -0.1) is 0 Å². The van der Waals surface area contributed by atoms with Crippen LogP contribution < -0.4 is 5.32 Å². The summed E-state index contributed by atoms with van der Waals surface area (Å²) in [6, 6.07) is 2.27. The van der Waals surface area contributed by atoms with Crippen LogP contribution in [0.25, 0.3) is 0 Å². The van der Waals surface area contributed by atoms with Crippen LogP contribution >= 0.6 is 0 Å². The summed E-state index contributed by atoms with van der Waals surface area (Å²) in [5.74, 6) is 0.588. The van der Waals surface area contributed by atoms with Crippen molar-refractivity contribution in [2.45, 2.75) is 31.7 Å².